The molecule has 5 heteroatoms. The highest BCUT2D eigenvalue weighted by Gasteiger charge is 1.89. The minimum absolute atomic E-state index is 0.258. The van der Waals surface area contributed by atoms with Crippen LogP contribution < -0.4 is 0 Å². The summed E-state index contributed by atoms with van der Waals surface area (Å²) in [6, 6.07) is 6.05. The third kappa shape index (κ3) is 2.01. The van der Waals surface area contributed by atoms with E-state index in [1.165, 1.54) is 29.5 Å². The zero-order valence-corrected chi connectivity index (χ0v) is 7.21. The Bertz CT molecular complexity index is 419. The van der Waals surface area contributed by atoms with Crippen LogP contribution in [0, 0.1) is 5.82 Å². The number of aromatic nitrogens is 3. The summed E-state index contributed by atoms with van der Waals surface area (Å²) < 4.78 is 14.0. The minimum Gasteiger partial charge on any atom is -0.208 e. The van der Waals surface area contributed by atoms with Gasteiger partial charge < -0.3 is 0 Å². The summed E-state index contributed by atoms with van der Waals surface area (Å²) >= 11 is 0. The van der Waals surface area contributed by atoms with Crippen molar-refractivity contribution in [2.24, 2.45) is 5.10 Å². The van der Waals surface area contributed by atoms with E-state index in [1.807, 2.05) is 0 Å². The number of halogens is 1. The molecule has 0 radical (unpaired) electrons. The van der Waals surface area contributed by atoms with Crippen LogP contribution in [0.2, 0.25) is 0 Å². The fourth-order valence-electron chi connectivity index (χ4n) is 0.937. The molecule has 0 amide bonds. The van der Waals surface area contributed by atoms with Crippen LogP contribution in [0.25, 0.3) is 0 Å². The van der Waals surface area contributed by atoms with Gasteiger partial charge in [-0.15, -0.1) is 10.2 Å². The maximum atomic E-state index is 12.5. The van der Waals surface area contributed by atoms with Gasteiger partial charge in [0.05, 0.1) is 6.21 Å². The lowest BCUT2D eigenvalue weighted by atomic mass is 10.2. The molecule has 1 aromatic carbocycles. The van der Waals surface area contributed by atoms with Crippen molar-refractivity contribution < 1.29 is 4.39 Å². The molecule has 0 unspecified atom stereocenters. The Morgan fingerprint density at radius 3 is 2.43 bits per heavy atom. The van der Waals surface area contributed by atoms with Gasteiger partial charge in [0.15, 0.2) is 0 Å². The quantitative estimate of drug-likeness (QED) is 0.670. The second kappa shape index (κ2) is 3.78. The van der Waals surface area contributed by atoms with Crippen molar-refractivity contribution in [2.75, 3.05) is 0 Å². The van der Waals surface area contributed by atoms with Crippen LogP contribution in [0.5, 0.6) is 0 Å². The maximum absolute atomic E-state index is 12.5. The van der Waals surface area contributed by atoms with Gasteiger partial charge in [0.2, 0.25) is 0 Å². The molecule has 0 N–H and O–H groups in total. The molecule has 1 heterocycles. The Labute approximate surface area is 79.7 Å². The molecular formula is C9H7FN4. The first-order valence-electron chi connectivity index (χ1n) is 3.99. The lowest BCUT2D eigenvalue weighted by Gasteiger charge is -1.92. The average molecular weight is 190 g/mol. The van der Waals surface area contributed by atoms with E-state index in [1.54, 1.807) is 18.3 Å². The lowest BCUT2D eigenvalue weighted by molar-refractivity contribution is 0.628. The van der Waals surface area contributed by atoms with Gasteiger partial charge in [0, 0.05) is 0 Å². The Morgan fingerprint density at radius 2 is 1.79 bits per heavy atom. The molecule has 0 aliphatic rings. The Morgan fingerprint density at radius 1 is 1.14 bits per heavy atom. The number of hydrogen-bond donors (Lipinski definition) is 0. The van der Waals surface area contributed by atoms with Crippen LogP contribution in [-0.2, 0) is 0 Å². The van der Waals surface area contributed by atoms with Gasteiger partial charge in [-0.1, -0.05) is 12.1 Å². The standard InChI is InChI=1S/C9H7FN4/c10-9-3-1-8(2-4-9)5-13-14-6-11-12-7-14/h1-7H/b13-5+. The molecule has 2 rings (SSSR count). The van der Waals surface area contributed by atoms with E-state index < -0.39 is 0 Å². The number of hydrogen-bond acceptors (Lipinski definition) is 3. The van der Waals surface area contributed by atoms with Gasteiger partial charge in [0.25, 0.3) is 0 Å². The summed E-state index contributed by atoms with van der Waals surface area (Å²) in [5.41, 5.74) is 0.820. The van der Waals surface area contributed by atoms with Crippen molar-refractivity contribution in [2.45, 2.75) is 0 Å². The SMILES string of the molecule is Fc1ccc(/C=N/n2cnnc2)cc1. The summed E-state index contributed by atoms with van der Waals surface area (Å²) in [5, 5.41) is 11.2. The first-order chi connectivity index (χ1) is 6.84. The fraction of sp³-hybridized carbons (Fsp3) is 0. The van der Waals surface area contributed by atoms with Crippen LogP contribution in [0.15, 0.2) is 42.0 Å². The second-order valence-electron chi connectivity index (χ2n) is 2.64. The van der Waals surface area contributed by atoms with Crippen molar-refractivity contribution in [3.8, 4) is 0 Å². The predicted octanol–water partition coefficient (Wildman–Crippen LogP) is 1.30. The Balaban J connectivity index is 2.15. The fourth-order valence-corrected chi connectivity index (χ4v) is 0.937. The van der Waals surface area contributed by atoms with Gasteiger partial charge in [-0.2, -0.15) is 5.10 Å². The number of rotatable bonds is 2. The molecule has 2 aromatic rings. The third-order valence-corrected chi connectivity index (χ3v) is 1.62. The van der Waals surface area contributed by atoms with E-state index >= 15 is 0 Å². The highest BCUT2D eigenvalue weighted by Crippen LogP contribution is 1.99. The van der Waals surface area contributed by atoms with E-state index in [2.05, 4.69) is 15.3 Å². The summed E-state index contributed by atoms with van der Waals surface area (Å²) in [4.78, 5) is 0. The van der Waals surface area contributed by atoms with Crippen molar-refractivity contribution in [1.29, 1.82) is 0 Å². The molecule has 0 atom stereocenters. The van der Waals surface area contributed by atoms with Crippen molar-refractivity contribution in [3.05, 3.63) is 48.3 Å². The smallest absolute Gasteiger partial charge is 0.141 e. The van der Waals surface area contributed by atoms with Gasteiger partial charge in [-0.05, 0) is 17.7 Å². The molecule has 0 bridgehead atoms. The zero-order chi connectivity index (χ0) is 9.80. The van der Waals surface area contributed by atoms with Crippen LogP contribution in [0.3, 0.4) is 0 Å². The van der Waals surface area contributed by atoms with Gasteiger partial charge in [-0.25, -0.2) is 9.07 Å². The largest absolute Gasteiger partial charge is 0.208 e. The van der Waals surface area contributed by atoms with E-state index in [-0.39, 0.29) is 5.82 Å². The van der Waals surface area contributed by atoms with Crippen LogP contribution >= 0.6 is 0 Å². The Hall–Kier alpha value is -2.04. The molecule has 14 heavy (non-hydrogen) atoms. The molecule has 0 aliphatic carbocycles. The molecule has 0 fully saturated rings. The first kappa shape index (κ1) is 8.55. The van der Waals surface area contributed by atoms with Gasteiger partial charge in [0.1, 0.15) is 18.5 Å². The van der Waals surface area contributed by atoms with Gasteiger partial charge in [-0.3, -0.25) is 0 Å². The van der Waals surface area contributed by atoms with Crippen molar-refractivity contribution in [1.82, 2.24) is 14.9 Å². The van der Waals surface area contributed by atoms with Crippen molar-refractivity contribution >= 4 is 6.21 Å². The summed E-state index contributed by atoms with van der Waals surface area (Å²) in [6.07, 6.45) is 4.54. The van der Waals surface area contributed by atoms with Crippen LogP contribution in [0.4, 0.5) is 4.39 Å². The minimum atomic E-state index is -0.258. The third-order valence-electron chi connectivity index (χ3n) is 1.62. The molecule has 0 aliphatic heterocycles. The highest BCUT2D eigenvalue weighted by atomic mass is 19.1. The van der Waals surface area contributed by atoms with Gasteiger partial charge >= 0.3 is 0 Å². The topological polar surface area (TPSA) is 43.1 Å². The number of benzene rings is 1. The highest BCUT2D eigenvalue weighted by molar-refractivity contribution is 5.79. The maximum Gasteiger partial charge on any atom is 0.141 e. The molecule has 4 nitrogen and oxygen atoms in total. The van der Waals surface area contributed by atoms with E-state index in [0.717, 1.165) is 5.56 Å². The monoisotopic (exact) mass is 190 g/mol. The predicted molar refractivity (Wildman–Crippen MR) is 49.4 cm³/mol. The normalized spacial score (nSPS) is 10.9. The van der Waals surface area contributed by atoms with Crippen LogP contribution in [-0.4, -0.2) is 21.1 Å². The van der Waals surface area contributed by atoms with E-state index in [9.17, 15) is 4.39 Å². The summed E-state index contributed by atoms with van der Waals surface area (Å²) in [6.45, 7) is 0. The van der Waals surface area contributed by atoms with Crippen LogP contribution in [0.1, 0.15) is 5.56 Å². The van der Waals surface area contributed by atoms with Crippen molar-refractivity contribution in [3.63, 3.8) is 0 Å². The lowest BCUT2D eigenvalue weighted by Crippen LogP contribution is -1.87. The number of nitrogens with zero attached hydrogens (tertiary/aromatic N) is 4. The average Bonchev–Trinajstić information content (AvgIpc) is 2.70. The zero-order valence-electron chi connectivity index (χ0n) is 7.21. The Kier molecular flexibility index (Phi) is 2.31. The first-order valence-corrected chi connectivity index (χ1v) is 3.99. The molecule has 1 aromatic heterocycles. The molecular weight excluding hydrogens is 183 g/mol. The molecule has 0 spiro atoms. The molecule has 70 valence electrons. The summed E-state index contributed by atoms with van der Waals surface area (Å²) in [7, 11) is 0. The van der Waals surface area contributed by atoms with E-state index in [4.69, 9.17) is 0 Å². The molecule has 0 saturated heterocycles. The van der Waals surface area contributed by atoms with E-state index in [0.29, 0.717) is 0 Å². The summed E-state index contributed by atoms with van der Waals surface area (Å²) in [5.74, 6) is -0.258. The molecule has 0 saturated carbocycles. The second-order valence-corrected chi connectivity index (χ2v) is 2.64.